The van der Waals surface area contributed by atoms with Crippen molar-refractivity contribution in [2.45, 2.75) is 26.8 Å². The topological polar surface area (TPSA) is 37.8 Å². The van der Waals surface area contributed by atoms with Crippen LogP contribution < -0.4 is 5.32 Å². The molecule has 0 radical (unpaired) electrons. The van der Waals surface area contributed by atoms with E-state index in [1.807, 2.05) is 12.4 Å². The normalized spacial score (nSPS) is 13.0. The molecule has 0 fully saturated rings. The van der Waals surface area contributed by atoms with Gasteiger partial charge in [0.25, 0.3) is 0 Å². The van der Waals surface area contributed by atoms with Crippen LogP contribution in [0.3, 0.4) is 0 Å². The maximum atomic E-state index is 4.17. The van der Waals surface area contributed by atoms with E-state index in [4.69, 9.17) is 0 Å². The van der Waals surface area contributed by atoms with Crippen molar-refractivity contribution >= 4 is 28.5 Å². The summed E-state index contributed by atoms with van der Waals surface area (Å²) >= 11 is 2.19. The Morgan fingerprint density at radius 1 is 1.23 bits per heavy atom. The third-order valence-corrected chi connectivity index (χ3v) is 2.53. The second-order valence-electron chi connectivity index (χ2n) is 3.40. The van der Waals surface area contributed by atoms with Crippen LogP contribution in [-0.2, 0) is 0 Å². The van der Waals surface area contributed by atoms with Gasteiger partial charge in [-0.2, -0.15) is 0 Å². The van der Waals surface area contributed by atoms with Crippen LogP contribution in [0.4, 0.5) is 5.95 Å². The van der Waals surface area contributed by atoms with Crippen LogP contribution >= 0.6 is 22.6 Å². The van der Waals surface area contributed by atoms with Gasteiger partial charge in [-0.05, 0) is 35.4 Å². The molecule has 0 saturated carbocycles. The quantitative estimate of drug-likeness (QED) is 0.870. The number of halogens is 1. The molecule has 0 amide bonds. The fraction of sp³-hybridized carbons (Fsp3) is 0.556. The van der Waals surface area contributed by atoms with Gasteiger partial charge in [-0.25, -0.2) is 9.97 Å². The Hall–Kier alpha value is -0.390. The van der Waals surface area contributed by atoms with Gasteiger partial charge in [0.15, 0.2) is 0 Å². The first-order chi connectivity index (χ1) is 6.09. The van der Waals surface area contributed by atoms with Crippen LogP contribution in [0.2, 0.25) is 0 Å². The SMILES string of the molecule is CC(C)C(C)Nc1ncc(I)cn1. The molecule has 0 aromatic carbocycles. The highest BCUT2D eigenvalue weighted by Crippen LogP contribution is 2.08. The molecule has 0 aliphatic heterocycles. The summed E-state index contributed by atoms with van der Waals surface area (Å²) in [6.07, 6.45) is 3.62. The summed E-state index contributed by atoms with van der Waals surface area (Å²) in [6, 6.07) is 0.403. The third kappa shape index (κ3) is 3.46. The second-order valence-corrected chi connectivity index (χ2v) is 4.65. The smallest absolute Gasteiger partial charge is 0.222 e. The van der Waals surface area contributed by atoms with Gasteiger partial charge >= 0.3 is 0 Å². The Bertz CT molecular complexity index is 258. The molecule has 13 heavy (non-hydrogen) atoms. The Labute approximate surface area is 92.5 Å². The molecule has 1 unspecified atom stereocenters. The van der Waals surface area contributed by atoms with E-state index < -0.39 is 0 Å². The van der Waals surface area contributed by atoms with Crippen LogP contribution in [-0.4, -0.2) is 16.0 Å². The highest BCUT2D eigenvalue weighted by atomic mass is 127. The van der Waals surface area contributed by atoms with E-state index in [1.165, 1.54) is 0 Å². The summed E-state index contributed by atoms with van der Waals surface area (Å²) in [4.78, 5) is 8.34. The number of hydrogen-bond donors (Lipinski definition) is 1. The summed E-state index contributed by atoms with van der Waals surface area (Å²) in [5.74, 6) is 1.30. The lowest BCUT2D eigenvalue weighted by Gasteiger charge is -2.16. The van der Waals surface area contributed by atoms with Crippen molar-refractivity contribution in [3.63, 3.8) is 0 Å². The molecule has 0 aliphatic carbocycles. The van der Waals surface area contributed by atoms with Crippen molar-refractivity contribution in [3.05, 3.63) is 16.0 Å². The number of rotatable bonds is 3. The van der Waals surface area contributed by atoms with Gasteiger partial charge in [0.2, 0.25) is 5.95 Å². The maximum Gasteiger partial charge on any atom is 0.222 e. The first-order valence-corrected chi connectivity index (χ1v) is 5.41. The second kappa shape index (κ2) is 4.74. The van der Waals surface area contributed by atoms with E-state index in [1.54, 1.807) is 0 Å². The first-order valence-electron chi connectivity index (χ1n) is 4.33. The molecule has 1 aromatic rings. The van der Waals surface area contributed by atoms with E-state index >= 15 is 0 Å². The zero-order chi connectivity index (χ0) is 9.84. The molecular formula is C9H14IN3. The van der Waals surface area contributed by atoms with E-state index in [0.29, 0.717) is 17.9 Å². The van der Waals surface area contributed by atoms with Gasteiger partial charge in [0, 0.05) is 22.0 Å². The average Bonchev–Trinajstić information content (AvgIpc) is 2.08. The van der Waals surface area contributed by atoms with E-state index in [9.17, 15) is 0 Å². The summed E-state index contributed by atoms with van der Waals surface area (Å²) < 4.78 is 1.06. The molecule has 0 saturated heterocycles. The Kier molecular flexibility index (Phi) is 3.90. The third-order valence-electron chi connectivity index (χ3n) is 1.98. The number of aromatic nitrogens is 2. The fourth-order valence-corrected chi connectivity index (χ4v) is 1.04. The number of nitrogens with one attached hydrogen (secondary N) is 1. The van der Waals surface area contributed by atoms with Crippen LogP contribution in [0, 0.1) is 9.49 Å². The van der Waals surface area contributed by atoms with Crippen molar-refractivity contribution in [1.29, 1.82) is 0 Å². The molecule has 0 spiro atoms. The summed E-state index contributed by atoms with van der Waals surface area (Å²) in [6.45, 7) is 6.47. The number of hydrogen-bond acceptors (Lipinski definition) is 3. The molecule has 0 aliphatic rings. The standard InChI is InChI=1S/C9H14IN3/c1-6(2)7(3)13-9-11-4-8(10)5-12-9/h4-7H,1-3H3,(H,11,12,13). The Balaban J connectivity index is 2.59. The van der Waals surface area contributed by atoms with Crippen LogP contribution in [0.1, 0.15) is 20.8 Å². The van der Waals surface area contributed by atoms with Crippen molar-refractivity contribution in [1.82, 2.24) is 9.97 Å². The molecule has 72 valence electrons. The lowest BCUT2D eigenvalue weighted by molar-refractivity contribution is 0.556. The molecule has 4 heteroatoms. The lowest BCUT2D eigenvalue weighted by Crippen LogP contribution is -2.22. The molecule has 0 bridgehead atoms. The molecule has 1 N–H and O–H groups in total. The Morgan fingerprint density at radius 3 is 2.23 bits per heavy atom. The zero-order valence-electron chi connectivity index (χ0n) is 8.08. The first kappa shape index (κ1) is 10.7. The molecule has 1 heterocycles. The lowest BCUT2D eigenvalue weighted by atomic mass is 10.1. The fourth-order valence-electron chi connectivity index (χ4n) is 0.757. The van der Waals surface area contributed by atoms with Crippen molar-refractivity contribution in [2.24, 2.45) is 5.92 Å². The summed E-state index contributed by atoms with van der Waals surface area (Å²) in [5, 5.41) is 3.24. The van der Waals surface area contributed by atoms with Gasteiger partial charge < -0.3 is 5.32 Å². The van der Waals surface area contributed by atoms with Crippen LogP contribution in [0.25, 0.3) is 0 Å². The Morgan fingerprint density at radius 2 is 1.77 bits per heavy atom. The molecular weight excluding hydrogens is 277 g/mol. The number of anilines is 1. The minimum absolute atomic E-state index is 0.403. The highest BCUT2D eigenvalue weighted by Gasteiger charge is 2.07. The van der Waals surface area contributed by atoms with Crippen LogP contribution in [0.5, 0.6) is 0 Å². The van der Waals surface area contributed by atoms with Crippen molar-refractivity contribution in [3.8, 4) is 0 Å². The van der Waals surface area contributed by atoms with Crippen molar-refractivity contribution < 1.29 is 0 Å². The van der Waals surface area contributed by atoms with Crippen LogP contribution in [0.15, 0.2) is 12.4 Å². The maximum absolute atomic E-state index is 4.17. The minimum atomic E-state index is 0.403. The van der Waals surface area contributed by atoms with Gasteiger partial charge in [0.1, 0.15) is 0 Å². The number of nitrogens with zero attached hydrogens (tertiary/aromatic N) is 2. The van der Waals surface area contributed by atoms with E-state index in [0.717, 1.165) is 3.57 Å². The van der Waals surface area contributed by atoms with Crippen molar-refractivity contribution in [2.75, 3.05) is 5.32 Å². The largest absolute Gasteiger partial charge is 0.352 e. The van der Waals surface area contributed by atoms with Gasteiger partial charge in [-0.3, -0.25) is 0 Å². The summed E-state index contributed by atoms with van der Waals surface area (Å²) in [5.41, 5.74) is 0. The minimum Gasteiger partial charge on any atom is -0.352 e. The predicted octanol–water partition coefficient (Wildman–Crippen LogP) is 2.54. The summed E-state index contributed by atoms with van der Waals surface area (Å²) in [7, 11) is 0. The predicted molar refractivity (Wildman–Crippen MR) is 62.7 cm³/mol. The monoisotopic (exact) mass is 291 g/mol. The van der Waals surface area contributed by atoms with Gasteiger partial charge in [-0.1, -0.05) is 13.8 Å². The molecule has 3 nitrogen and oxygen atoms in total. The van der Waals surface area contributed by atoms with E-state index in [-0.39, 0.29) is 0 Å². The molecule has 1 rings (SSSR count). The van der Waals surface area contributed by atoms with Gasteiger partial charge in [0.05, 0.1) is 0 Å². The molecule has 1 aromatic heterocycles. The van der Waals surface area contributed by atoms with E-state index in [2.05, 4.69) is 58.6 Å². The zero-order valence-corrected chi connectivity index (χ0v) is 10.2. The highest BCUT2D eigenvalue weighted by molar-refractivity contribution is 14.1. The average molecular weight is 291 g/mol. The molecule has 1 atom stereocenters. The van der Waals surface area contributed by atoms with Gasteiger partial charge in [-0.15, -0.1) is 0 Å².